The first kappa shape index (κ1) is 14.6. The summed E-state index contributed by atoms with van der Waals surface area (Å²) in [4.78, 5) is 2.13. The van der Waals surface area contributed by atoms with Gasteiger partial charge in [0.2, 0.25) is 0 Å². The summed E-state index contributed by atoms with van der Waals surface area (Å²) in [6.45, 7) is 0.540. The van der Waals surface area contributed by atoms with Crippen LogP contribution in [0.15, 0.2) is 66.7 Å². The Morgan fingerprint density at radius 1 is 0.917 bits per heavy atom. The van der Waals surface area contributed by atoms with Gasteiger partial charge in [-0.25, -0.2) is 4.39 Å². The van der Waals surface area contributed by atoms with Crippen LogP contribution < -0.4 is 14.4 Å². The molecule has 3 aromatic carbocycles. The molecular formula is C20H16FNO2. The van der Waals surface area contributed by atoms with Crippen LogP contribution >= 0.6 is 0 Å². The van der Waals surface area contributed by atoms with E-state index in [2.05, 4.69) is 4.90 Å². The fourth-order valence-electron chi connectivity index (χ4n) is 2.94. The van der Waals surface area contributed by atoms with E-state index in [1.54, 1.807) is 6.07 Å². The second kappa shape index (κ2) is 5.89. The number of para-hydroxylation sites is 4. The Hall–Kier alpha value is -3.01. The van der Waals surface area contributed by atoms with Crippen LogP contribution in [-0.2, 0) is 6.54 Å². The third kappa shape index (κ3) is 2.46. The minimum absolute atomic E-state index is 0.251. The number of methoxy groups -OCH3 is 1. The fourth-order valence-corrected chi connectivity index (χ4v) is 2.94. The number of hydrogen-bond donors (Lipinski definition) is 0. The summed E-state index contributed by atoms with van der Waals surface area (Å²) >= 11 is 0. The normalized spacial score (nSPS) is 12.2. The quantitative estimate of drug-likeness (QED) is 0.655. The van der Waals surface area contributed by atoms with Crippen molar-refractivity contribution in [3.63, 3.8) is 0 Å². The average molecular weight is 321 g/mol. The highest BCUT2D eigenvalue weighted by Gasteiger charge is 2.24. The lowest BCUT2D eigenvalue weighted by atomic mass is 10.1. The van der Waals surface area contributed by atoms with Gasteiger partial charge in [0.25, 0.3) is 0 Å². The molecule has 0 aliphatic carbocycles. The van der Waals surface area contributed by atoms with Crippen molar-refractivity contribution in [1.29, 1.82) is 0 Å². The van der Waals surface area contributed by atoms with Crippen LogP contribution in [0.25, 0.3) is 0 Å². The third-order valence-corrected chi connectivity index (χ3v) is 4.09. The number of benzene rings is 3. The first-order valence-electron chi connectivity index (χ1n) is 7.72. The lowest BCUT2D eigenvalue weighted by molar-refractivity contribution is 0.386. The molecule has 0 atom stereocenters. The molecule has 0 aromatic heterocycles. The van der Waals surface area contributed by atoms with Gasteiger partial charge < -0.3 is 14.4 Å². The summed E-state index contributed by atoms with van der Waals surface area (Å²) in [7, 11) is 1.46. The van der Waals surface area contributed by atoms with E-state index in [9.17, 15) is 4.39 Å². The minimum atomic E-state index is -0.357. The zero-order chi connectivity index (χ0) is 16.5. The van der Waals surface area contributed by atoms with E-state index in [1.807, 2.05) is 54.6 Å². The second-order valence-corrected chi connectivity index (χ2v) is 5.59. The predicted molar refractivity (Wildman–Crippen MR) is 91.8 cm³/mol. The van der Waals surface area contributed by atoms with Crippen molar-refractivity contribution in [3.8, 4) is 17.2 Å². The van der Waals surface area contributed by atoms with E-state index in [0.29, 0.717) is 6.54 Å². The van der Waals surface area contributed by atoms with Gasteiger partial charge in [-0.1, -0.05) is 30.3 Å². The molecule has 1 aliphatic heterocycles. The summed E-state index contributed by atoms with van der Waals surface area (Å²) < 4.78 is 25.0. The van der Waals surface area contributed by atoms with Crippen LogP contribution in [0, 0.1) is 5.82 Å². The summed E-state index contributed by atoms with van der Waals surface area (Å²) in [6, 6.07) is 20.8. The predicted octanol–water partition coefficient (Wildman–Crippen LogP) is 5.28. The molecule has 0 saturated heterocycles. The molecule has 0 spiro atoms. The molecule has 4 rings (SSSR count). The third-order valence-electron chi connectivity index (χ3n) is 4.09. The maximum atomic E-state index is 14.0. The van der Waals surface area contributed by atoms with Crippen LogP contribution in [0.2, 0.25) is 0 Å². The standard InChI is InChI=1S/C20H16FNO2/c1-23-18-11-10-14(12-15(18)21)13-22-16-6-2-4-8-19(16)24-20-9-5-3-7-17(20)22/h2-12H,13H2,1H3. The smallest absolute Gasteiger partial charge is 0.165 e. The summed E-state index contributed by atoms with van der Waals surface area (Å²) in [5, 5.41) is 0. The number of fused-ring (bicyclic) bond motifs is 2. The van der Waals surface area contributed by atoms with Gasteiger partial charge in [0, 0.05) is 6.54 Å². The van der Waals surface area contributed by atoms with E-state index in [-0.39, 0.29) is 11.6 Å². The Kier molecular flexibility index (Phi) is 3.58. The molecule has 0 bridgehead atoms. The Balaban J connectivity index is 1.76. The van der Waals surface area contributed by atoms with Crippen molar-refractivity contribution < 1.29 is 13.9 Å². The van der Waals surface area contributed by atoms with Crippen LogP contribution in [-0.4, -0.2) is 7.11 Å². The number of halogens is 1. The summed E-state index contributed by atoms with van der Waals surface area (Å²) in [5.41, 5.74) is 2.79. The number of nitrogens with zero attached hydrogens (tertiary/aromatic N) is 1. The molecule has 1 aliphatic rings. The molecule has 4 heteroatoms. The van der Waals surface area contributed by atoms with Crippen molar-refractivity contribution in [3.05, 3.63) is 78.1 Å². The van der Waals surface area contributed by atoms with Crippen LogP contribution in [0.1, 0.15) is 5.56 Å². The molecule has 120 valence electrons. The Morgan fingerprint density at radius 3 is 2.12 bits per heavy atom. The number of rotatable bonds is 3. The van der Waals surface area contributed by atoms with Crippen LogP contribution in [0.4, 0.5) is 15.8 Å². The Morgan fingerprint density at radius 2 is 1.54 bits per heavy atom. The highest BCUT2D eigenvalue weighted by Crippen LogP contribution is 2.46. The lowest BCUT2D eigenvalue weighted by Crippen LogP contribution is -2.20. The first-order chi connectivity index (χ1) is 11.8. The molecular weight excluding hydrogens is 305 g/mol. The Labute approximate surface area is 139 Å². The second-order valence-electron chi connectivity index (χ2n) is 5.59. The lowest BCUT2D eigenvalue weighted by Gasteiger charge is -2.32. The first-order valence-corrected chi connectivity index (χ1v) is 7.72. The van der Waals surface area contributed by atoms with E-state index >= 15 is 0 Å². The maximum Gasteiger partial charge on any atom is 0.165 e. The van der Waals surface area contributed by atoms with Gasteiger partial charge in [-0.05, 0) is 42.0 Å². The van der Waals surface area contributed by atoms with Crippen LogP contribution in [0.3, 0.4) is 0 Å². The molecule has 0 unspecified atom stereocenters. The van der Waals surface area contributed by atoms with E-state index in [4.69, 9.17) is 9.47 Å². The van der Waals surface area contributed by atoms with Gasteiger partial charge in [-0.3, -0.25) is 0 Å². The van der Waals surface area contributed by atoms with Gasteiger partial charge in [0.1, 0.15) is 0 Å². The molecule has 1 heterocycles. The number of anilines is 2. The Bertz CT molecular complexity index is 849. The number of hydrogen-bond acceptors (Lipinski definition) is 3. The zero-order valence-corrected chi connectivity index (χ0v) is 13.2. The van der Waals surface area contributed by atoms with Gasteiger partial charge in [0.15, 0.2) is 23.1 Å². The van der Waals surface area contributed by atoms with E-state index < -0.39 is 0 Å². The molecule has 0 fully saturated rings. The topological polar surface area (TPSA) is 21.7 Å². The van der Waals surface area contributed by atoms with Gasteiger partial charge >= 0.3 is 0 Å². The fraction of sp³-hybridized carbons (Fsp3) is 0.100. The average Bonchev–Trinajstić information content (AvgIpc) is 2.62. The maximum absolute atomic E-state index is 14.0. The largest absolute Gasteiger partial charge is 0.494 e. The van der Waals surface area contributed by atoms with Crippen molar-refractivity contribution >= 4 is 11.4 Å². The van der Waals surface area contributed by atoms with Crippen molar-refractivity contribution in [2.45, 2.75) is 6.54 Å². The van der Waals surface area contributed by atoms with Crippen molar-refractivity contribution in [1.82, 2.24) is 0 Å². The molecule has 24 heavy (non-hydrogen) atoms. The summed E-state index contributed by atoms with van der Waals surface area (Å²) in [5.74, 6) is 1.49. The molecule has 0 saturated carbocycles. The van der Waals surface area contributed by atoms with E-state index in [1.165, 1.54) is 13.2 Å². The minimum Gasteiger partial charge on any atom is -0.494 e. The highest BCUT2D eigenvalue weighted by atomic mass is 19.1. The van der Waals surface area contributed by atoms with Crippen molar-refractivity contribution in [2.75, 3.05) is 12.0 Å². The molecule has 3 aromatic rings. The monoisotopic (exact) mass is 321 g/mol. The zero-order valence-electron chi connectivity index (χ0n) is 13.2. The van der Waals surface area contributed by atoms with Gasteiger partial charge in [-0.2, -0.15) is 0 Å². The SMILES string of the molecule is COc1ccc(CN2c3ccccc3Oc3ccccc32)cc1F. The summed E-state index contributed by atoms with van der Waals surface area (Å²) in [6.07, 6.45) is 0. The molecule has 0 amide bonds. The highest BCUT2D eigenvalue weighted by molar-refractivity contribution is 5.77. The molecule has 0 radical (unpaired) electrons. The van der Waals surface area contributed by atoms with Gasteiger partial charge in [-0.15, -0.1) is 0 Å². The van der Waals surface area contributed by atoms with Gasteiger partial charge in [0.05, 0.1) is 18.5 Å². The van der Waals surface area contributed by atoms with Crippen LogP contribution in [0.5, 0.6) is 17.2 Å². The molecule has 0 N–H and O–H groups in total. The number of ether oxygens (including phenoxy) is 2. The van der Waals surface area contributed by atoms with Crippen molar-refractivity contribution in [2.24, 2.45) is 0 Å². The molecule has 3 nitrogen and oxygen atoms in total. The van der Waals surface area contributed by atoms with E-state index in [0.717, 1.165) is 28.4 Å².